The monoisotopic (exact) mass is 343 g/mol. The third-order valence-electron chi connectivity index (χ3n) is 4.10. The first kappa shape index (κ1) is 17.9. The predicted octanol–water partition coefficient (Wildman–Crippen LogP) is 5.23. The molecular weight excluding hydrogens is 322 g/mol. The number of hydrogen-bond acceptors (Lipinski definition) is 3. The Labute approximate surface area is 147 Å². The van der Waals surface area contributed by atoms with Crippen LogP contribution in [-0.2, 0) is 0 Å². The number of nitrogens with one attached hydrogen (secondary N) is 2. The summed E-state index contributed by atoms with van der Waals surface area (Å²) in [7, 11) is 0. The zero-order valence-corrected chi connectivity index (χ0v) is 14.8. The Morgan fingerprint density at radius 3 is 2.46 bits per heavy atom. The Hall–Kier alpha value is -2.47. The van der Waals surface area contributed by atoms with E-state index in [9.17, 15) is 10.1 Å². The number of rotatable bonds is 5. The normalized spacial score (nSPS) is 11.6. The summed E-state index contributed by atoms with van der Waals surface area (Å²) in [5, 5.41) is 17.5. The zero-order valence-electron chi connectivity index (χ0n) is 14.0. The highest BCUT2D eigenvalue weighted by atomic mass is 32.1. The maximum Gasteiger partial charge on any atom is 0.274 e. The first-order chi connectivity index (χ1) is 11.4. The summed E-state index contributed by atoms with van der Waals surface area (Å²) in [4.78, 5) is 10.6. The number of nitro benzene ring substituents is 1. The fraction of sp³-hybridized carbons (Fsp3) is 0.278. The van der Waals surface area contributed by atoms with E-state index < -0.39 is 4.92 Å². The van der Waals surface area contributed by atoms with Gasteiger partial charge in [0.25, 0.3) is 5.69 Å². The lowest BCUT2D eigenvalue weighted by molar-refractivity contribution is -0.385. The van der Waals surface area contributed by atoms with Crippen molar-refractivity contribution in [2.45, 2.75) is 33.1 Å². The maximum absolute atomic E-state index is 11.0. The van der Waals surface area contributed by atoms with Crippen molar-refractivity contribution in [2.24, 2.45) is 0 Å². The van der Waals surface area contributed by atoms with Crippen LogP contribution in [0, 0.1) is 17.0 Å². The summed E-state index contributed by atoms with van der Waals surface area (Å²) in [5.74, 6) is 0.525. The van der Waals surface area contributed by atoms with E-state index in [1.807, 2.05) is 12.1 Å². The minimum Gasteiger partial charge on any atom is -0.332 e. The Morgan fingerprint density at radius 1 is 1.21 bits per heavy atom. The van der Waals surface area contributed by atoms with Gasteiger partial charge in [0.1, 0.15) is 0 Å². The molecule has 1 atom stereocenters. The molecule has 2 aromatic rings. The summed E-state index contributed by atoms with van der Waals surface area (Å²) in [6.07, 6.45) is 1.10. The van der Waals surface area contributed by atoms with Crippen molar-refractivity contribution in [3.05, 3.63) is 63.7 Å². The number of hydrogen-bond donors (Lipinski definition) is 2. The van der Waals surface area contributed by atoms with Crippen LogP contribution in [0.25, 0.3) is 0 Å². The van der Waals surface area contributed by atoms with Crippen molar-refractivity contribution >= 4 is 34.4 Å². The molecule has 2 N–H and O–H groups in total. The summed E-state index contributed by atoms with van der Waals surface area (Å²) in [6.45, 7) is 6.06. The quantitative estimate of drug-likeness (QED) is 0.442. The summed E-state index contributed by atoms with van der Waals surface area (Å²) in [6, 6.07) is 13.0. The molecule has 6 heteroatoms. The molecule has 126 valence electrons. The molecule has 0 radical (unpaired) electrons. The van der Waals surface area contributed by atoms with Crippen LogP contribution < -0.4 is 10.6 Å². The lowest BCUT2D eigenvalue weighted by Crippen LogP contribution is -2.19. The number of anilines is 2. The van der Waals surface area contributed by atoms with Crippen molar-refractivity contribution in [1.82, 2.24) is 0 Å². The number of thiocarbonyl (C=S) groups is 1. The molecular formula is C18H21N3O2S. The van der Waals surface area contributed by atoms with Gasteiger partial charge in [-0.3, -0.25) is 10.1 Å². The Kier molecular flexibility index (Phi) is 5.87. The molecule has 24 heavy (non-hydrogen) atoms. The molecule has 0 heterocycles. The van der Waals surface area contributed by atoms with Crippen LogP contribution in [-0.4, -0.2) is 10.0 Å². The lowest BCUT2D eigenvalue weighted by Gasteiger charge is -2.14. The SMILES string of the molecule is CCC(C)c1ccc(NC(=S)Nc2cccc([N+](=O)[O-])c2C)cc1. The van der Waals surface area contributed by atoms with E-state index in [0.717, 1.165) is 12.1 Å². The van der Waals surface area contributed by atoms with Crippen LogP contribution in [0.15, 0.2) is 42.5 Å². The predicted molar refractivity (Wildman–Crippen MR) is 103 cm³/mol. The molecule has 0 aliphatic carbocycles. The molecule has 0 saturated carbocycles. The maximum atomic E-state index is 11.0. The van der Waals surface area contributed by atoms with Crippen molar-refractivity contribution in [3.63, 3.8) is 0 Å². The molecule has 0 amide bonds. The summed E-state index contributed by atoms with van der Waals surface area (Å²) < 4.78 is 0. The molecule has 5 nitrogen and oxygen atoms in total. The Bertz CT molecular complexity index is 744. The second kappa shape index (κ2) is 7.88. The Balaban J connectivity index is 2.06. The van der Waals surface area contributed by atoms with E-state index in [-0.39, 0.29) is 5.69 Å². The van der Waals surface area contributed by atoms with Gasteiger partial charge in [0.15, 0.2) is 5.11 Å². The van der Waals surface area contributed by atoms with Crippen molar-refractivity contribution < 1.29 is 4.92 Å². The lowest BCUT2D eigenvalue weighted by atomic mass is 9.99. The molecule has 0 aliphatic rings. The van der Waals surface area contributed by atoms with Crippen molar-refractivity contribution in [1.29, 1.82) is 0 Å². The summed E-state index contributed by atoms with van der Waals surface area (Å²) >= 11 is 5.30. The van der Waals surface area contributed by atoms with Crippen LogP contribution >= 0.6 is 12.2 Å². The van der Waals surface area contributed by atoms with Crippen LogP contribution in [0.5, 0.6) is 0 Å². The second-order valence-corrected chi connectivity index (χ2v) is 6.13. The molecule has 2 aromatic carbocycles. The second-order valence-electron chi connectivity index (χ2n) is 5.72. The fourth-order valence-electron chi connectivity index (χ4n) is 2.37. The van der Waals surface area contributed by atoms with Crippen molar-refractivity contribution in [3.8, 4) is 0 Å². The minimum atomic E-state index is -0.398. The van der Waals surface area contributed by atoms with Gasteiger partial charge in [-0.05, 0) is 55.2 Å². The number of nitro groups is 1. The van der Waals surface area contributed by atoms with E-state index in [1.165, 1.54) is 11.6 Å². The van der Waals surface area contributed by atoms with Crippen LogP contribution in [0.1, 0.15) is 37.3 Å². The van der Waals surface area contributed by atoms with E-state index in [4.69, 9.17) is 12.2 Å². The number of benzene rings is 2. The highest BCUT2D eigenvalue weighted by Gasteiger charge is 2.13. The van der Waals surface area contributed by atoms with Gasteiger partial charge in [0.2, 0.25) is 0 Å². The van der Waals surface area contributed by atoms with Gasteiger partial charge in [-0.2, -0.15) is 0 Å². The van der Waals surface area contributed by atoms with Gasteiger partial charge in [0.05, 0.1) is 16.2 Å². The zero-order chi connectivity index (χ0) is 17.7. The van der Waals surface area contributed by atoms with E-state index in [2.05, 4.69) is 36.6 Å². The average molecular weight is 343 g/mol. The Morgan fingerprint density at radius 2 is 1.88 bits per heavy atom. The summed E-state index contributed by atoms with van der Waals surface area (Å²) in [5.41, 5.74) is 3.41. The van der Waals surface area contributed by atoms with Gasteiger partial charge < -0.3 is 10.6 Å². The molecule has 0 spiro atoms. The van der Waals surface area contributed by atoms with Crippen LogP contribution in [0.3, 0.4) is 0 Å². The van der Waals surface area contributed by atoms with Crippen molar-refractivity contribution in [2.75, 3.05) is 10.6 Å². The molecule has 0 fully saturated rings. The van der Waals surface area contributed by atoms with E-state index in [1.54, 1.807) is 19.1 Å². The standard InChI is InChI=1S/C18H21N3O2S/c1-4-12(2)14-8-10-15(11-9-14)19-18(24)20-16-6-5-7-17(13(16)3)21(22)23/h5-12H,4H2,1-3H3,(H2,19,20,24). The van der Waals surface area contributed by atoms with Gasteiger partial charge >= 0.3 is 0 Å². The fourth-order valence-corrected chi connectivity index (χ4v) is 2.60. The van der Waals surface area contributed by atoms with Crippen LogP contribution in [0.4, 0.5) is 17.1 Å². The smallest absolute Gasteiger partial charge is 0.274 e. The van der Waals surface area contributed by atoms with Gasteiger partial charge in [-0.1, -0.05) is 32.0 Å². The molecule has 1 unspecified atom stereocenters. The van der Waals surface area contributed by atoms with Crippen LogP contribution in [0.2, 0.25) is 0 Å². The van der Waals surface area contributed by atoms with Gasteiger partial charge in [-0.15, -0.1) is 0 Å². The van der Waals surface area contributed by atoms with Gasteiger partial charge in [0, 0.05) is 11.8 Å². The van der Waals surface area contributed by atoms with Gasteiger partial charge in [-0.25, -0.2) is 0 Å². The number of nitrogens with zero attached hydrogens (tertiary/aromatic N) is 1. The first-order valence-corrected chi connectivity index (χ1v) is 8.25. The highest BCUT2D eigenvalue weighted by Crippen LogP contribution is 2.25. The topological polar surface area (TPSA) is 67.2 Å². The molecule has 0 bridgehead atoms. The molecule has 0 aromatic heterocycles. The third-order valence-corrected chi connectivity index (χ3v) is 4.30. The molecule has 0 saturated heterocycles. The molecule has 2 rings (SSSR count). The average Bonchev–Trinajstić information content (AvgIpc) is 2.56. The van der Waals surface area contributed by atoms with E-state index in [0.29, 0.717) is 22.3 Å². The minimum absolute atomic E-state index is 0.0701. The molecule has 0 aliphatic heterocycles. The highest BCUT2D eigenvalue weighted by molar-refractivity contribution is 7.80. The third kappa shape index (κ3) is 4.29. The largest absolute Gasteiger partial charge is 0.332 e. The first-order valence-electron chi connectivity index (χ1n) is 7.84. The van der Waals surface area contributed by atoms with E-state index >= 15 is 0 Å².